The molecule has 1 atom stereocenters. The average Bonchev–Trinajstić information content (AvgIpc) is 2.71. The SMILES string of the molecule is CCN(CC(=O)NC(C)CCc1ccccc1)S(=O)(=O)c1cc(F)ccc1OC. The van der Waals surface area contributed by atoms with Gasteiger partial charge in [-0.25, -0.2) is 12.8 Å². The van der Waals surface area contributed by atoms with Crippen LogP contribution in [0.15, 0.2) is 53.4 Å². The third kappa shape index (κ3) is 6.27. The van der Waals surface area contributed by atoms with Crippen molar-refractivity contribution in [1.29, 1.82) is 0 Å². The highest BCUT2D eigenvalue weighted by atomic mass is 32.2. The molecule has 1 amide bonds. The van der Waals surface area contributed by atoms with Gasteiger partial charge >= 0.3 is 0 Å². The van der Waals surface area contributed by atoms with E-state index in [4.69, 9.17) is 4.74 Å². The van der Waals surface area contributed by atoms with Crippen molar-refractivity contribution in [3.05, 3.63) is 59.9 Å². The smallest absolute Gasteiger partial charge is 0.247 e. The van der Waals surface area contributed by atoms with Gasteiger partial charge in [0, 0.05) is 12.6 Å². The molecule has 0 fully saturated rings. The molecule has 2 aromatic carbocycles. The topological polar surface area (TPSA) is 75.7 Å². The lowest BCUT2D eigenvalue weighted by Crippen LogP contribution is -2.43. The molecule has 0 aromatic heterocycles. The Morgan fingerprint density at radius 3 is 2.52 bits per heavy atom. The maximum absolute atomic E-state index is 13.6. The van der Waals surface area contributed by atoms with Gasteiger partial charge in [0.15, 0.2) is 0 Å². The second kappa shape index (κ2) is 10.4. The number of halogens is 1. The summed E-state index contributed by atoms with van der Waals surface area (Å²) in [6, 6.07) is 13.1. The zero-order chi connectivity index (χ0) is 21.4. The maximum Gasteiger partial charge on any atom is 0.247 e. The monoisotopic (exact) mass is 422 g/mol. The lowest BCUT2D eigenvalue weighted by atomic mass is 10.1. The van der Waals surface area contributed by atoms with Gasteiger partial charge in [-0.2, -0.15) is 4.31 Å². The molecule has 0 aliphatic carbocycles. The van der Waals surface area contributed by atoms with Crippen molar-refractivity contribution in [3.63, 3.8) is 0 Å². The van der Waals surface area contributed by atoms with Crippen LogP contribution in [-0.2, 0) is 21.2 Å². The number of ether oxygens (including phenoxy) is 1. The normalized spacial score (nSPS) is 12.6. The molecule has 2 aromatic rings. The summed E-state index contributed by atoms with van der Waals surface area (Å²) < 4.78 is 45.5. The van der Waals surface area contributed by atoms with Crippen molar-refractivity contribution in [2.45, 2.75) is 37.6 Å². The number of rotatable bonds is 10. The second-order valence-corrected chi connectivity index (χ2v) is 8.63. The number of methoxy groups -OCH3 is 1. The zero-order valence-electron chi connectivity index (χ0n) is 16.9. The molecule has 0 saturated carbocycles. The van der Waals surface area contributed by atoms with Gasteiger partial charge in [0.1, 0.15) is 16.5 Å². The summed E-state index contributed by atoms with van der Waals surface area (Å²) in [6.07, 6.45) is 1.53. The highest BCUT2D eigenvalue weighted by Gasteiger charge is 2.29. The number of nitrogens with one attached hydrogen (secondary N) is 1. The molecule has 0 saturated heterocycles. The molecular weight excluding hydrogens is 395 g/mol. The van der Waals surface area contributed by atoms with Crippen molar-refractivity contribution in [2.24, 2.45) is 0 Å². The molecule has 0 heterocycles. The summed E-state index contributed by atoms with van der Waals surface area (Å²) in [5, 5.41) is 2.83. The Morgan fingerprint density at radius 1 is 1.21 bits per heavy atom. The number of amides is 1. The molecule has 0 radical (unpaired) electrons. The molecule has 2 rings (SSSR count). The molecule has 8 heteroatoms. The van der Waals surface area contributed by atoms with Crippen molar-refractivity contribution < 1.29 is 22.3 Å². The van der Waals surface area contributed by atoms with Crippen LogP contribution < -0.4 is 10.1 Å². The van der Waals surface area contributed by atoms with E-state index in [1.54, 1.807) is 6.92 Å². The summed E-state index contributed by atoms with van der Waals surface area (Å²) in [5.41, 5.74) is 1.17. The lowest BCUT2D eigenvalue weighted by molar-refractivity contribution is -0.121. The molecule has 158 valence electrons. The molecule has 0 aliphatic rings. The number of hydrogen-bond donors (Lipinski definition) is 1. The van der Waals surface area contributed by atoms with E-state index in [2.05, 4.69) is 5.32 Å². The van der Waals surface area contributed by atoms with Gasteiger partial charge in [-0.15, -0.1) is 0 Å². The van der Waals surface area contributed by atoms with Crippen LogP contribution in [0, 0.1) is 5.82 Å². The van der Waals surface area contributed by atoms with Crippen LogP contribution in [0.4, 0.5) is 4.39 Å². The number of hydrogen-bond acceptors (Lipinski definition) is 4. The van der Waals surface area contributed by atoms with Crippen LogP contribution >= 0.6 is 0 Å². The first-order valence-electron chi connectivity index (χ1n) is 9.45. The minimum Gasteiger partial charge on any atom is -0.495 e. The molecule has 29 heavy (non-hydrogen) atoms. The molecular formula is C21H27FN2O4S. The predicted octanol–water partition coefficient (Wildman–Crippen LogP) is 2.98. The minimum atomic E-state index is -4.10. The van der Waals surface area contributed by atoms with E-state index < -0.39 is 21.7 Å². The van der Waals surface area contributed by atoms with Gasteiger partial charge in [0.25, 0.3) is 0 Å². The predicted molar refractivity (Wildman–Crippen MR) is 110 cm³/mol. The molecule has 1 N–H and O–H groups in total. The number of carbonyl (C=O) groups excluding carboxylic acids is 1. The van der Waals surface area contributed by atoms with E-state index in [0.29, 0.717) is 0 Å². The largest absolute Gasteiger partial charge is 0.495 e. The van der Waals surface area contributed by atoms with E-state index in [-0.39, 0.29) is 29.8 Å². The lowest BCUT2D eigenvalue weighted by Gasteiger charge is -2.22. The minimum absolute atomic E-state index is 0.0292. The van der Waals surface area contributed by atoms with Gasteiger partial charge in [0.2, 0.25) is 15.9 Å². The van der Waals surface area contributed by atoms with Gasteiger partial charge in [-0.3, -0.25) is 4.79 Å². The Labute approximate surface area is 171 Å². The average molecular weight is 423 g/mol. The number of benzene rings is 2. The summed E-state index contributed by atoms with van der Waals surface area (Å²) in [6.45, 7) is 3.21. The first-order valence-corrected chi connectivity index (χ1v) is 10.9. The summed E-state index contributed by atoms with van der Waals surface area (Å²) in [4.78, 5) is 12.1. The highest BCUT2D eigenvalue weighted by Crippen LogP contribution is 2.27. The third-order valence-corrected chi connectivity index (χ3v) is 6.47. The van der Waals surface area contributed by atoms with Crippen LogP contribution in [0.5, 0.6) is 5.75 Å². The van der Waals surface area contributed by atoms with Crippen LogP contribution in [-0.4, -0.2) is 44.9 Å². The van der Waals surface area contributed by atoms with E-state index in [9.17, 15) is 17.6 Å². The number of likely N-dealkylation sites (N-methyl/N-ethyl adjacent to an activating group) is 1. The van der Waals surface area contributed by atoms with Crippen LogP contribution in [0.2, 0.25) is 0 Å². The Hall–Kier alpha value is -2.45. The van der Waals surface area contributed by atoms with E-state index >= 15 is 0 Å². The number of carbonyl (C=O) groups is 1. The van der Waals surface area contributed by atoms with Crippen molar-refractivity contribution in [2.75, 3.05) is 20.2 Å². The Morgan fingerprint density at radius 2 is 1.90 bits per heavy atom. The first-order chi connectivity index (χ1) is 13.8. The van der Waals surface area contributed by atoms with Gasteiger partial charge in [-0.1, -0.05) is 37.3 Å². The zero-order valence-corrected chi connectivity index (χ0v) is 17.7. The number of aryl methyl sites for hydroxylation is 1. The van der Waals surface area contributed by atoms with E-state index in [1.165, 1.54) is 18.7 Å². The van der Waals surface area contributed by atoms with Gasteiger partial charge < -0.3 is 10.1 Å². The van der Waals surface area contributed by atoms with Crippen molar-refractivity contribution in [1.82, 2.24) is 9.62 Å². The molecule has 6 nitrogen and oxygen atoms in total. The Bertz CT molecular complexity index is 920. The van der Waals surface area contributed by atoms with Crippen molar-refractivity contribution >= 4 is 15.9 Å². The quantitative estimate of drug-likeness (QED) is 0.639. The molecule has 1 unspecified atom stereocenters. The fourth-order valence-corrected chi connectivity index (χ4v) is 4.51. The first kappa shape index (κ1) is 22.8. The summed E-state index contributed by atoms with van der Waals surface area (Å²) >= 11 is 0. The molecule has 0 bridgehead atoms. The van der Waals surface area contributed by atoms with Gasteiger partial charge in [-0.05, 0) is 43.5 Å². The number of sulfonamides is 1. The van der Waals surface area contributed by atoms with E-state index in [0.717, 1.165) is 29.3 Å². The van der Waals surface area contributed by atoms with Crippen LogP contribution in [0.1, 0.15) is 25.8 Å². The third-order valence-electron chi connectivity index (χ3n) is 4.53. The van der Waals surface area contributed by atoms with Crippen molar-refractivity contribution in [3.8, 4) is 5.75 Å². The fourth-order valence-electron chi connectivity index (χ4n) is 2.94. The summed E-state index contributed by atoms with van der Waals surface area (Å²) in [5.74, 6) is -1.08. The fraction of sp³-hybridized carbons (Fsp3) is 0.381. The highest BCUT2D eigenvalue weighted by molar-refractivity contribution is 7.89. The molecule has 0 aliphatic heterocycles. The number of nitrogens with zero attached hydrogens (tertiary/aromatic N) is 1. The molecule has 0 spiro atoms. The summed E-state index contributed by atoms with van der Waals surface area (Å²) in [7, 11) is -2.79. The second-order valence-electron chi connectivity index (χ2n) is 6.72. The Balaban J connectivity index is 2.02. The Kier molecular flexibility index (Phi) is 8.16. The van der Waals surface area contributed by atoms with Crippen LogP contribution in [0.3, 0.4) is 0 Å². The van der Waals surface area contributed by atoms with E-state index in [1.807, 2.05) is 37.3 Å². The van der Waals surface area contributed by atoms with Crippen LogP contribution in [0.25, 0.3) is 0 Å². The van der Waals surface area contributed by atoms with Gasteiger partial charge in [0.05, 0.1) is 13.7 Å². The standard InChI is InChI=1S/C21H27FN2O4S/c1-4-24(29(26,27)20-14-18(22)12-13-19(20)28-3)15-21(25)23-16(2)10-11-17-8-6-5-7-9-17/h5-9,12-14,16H,4,10-11,15H2,1-3H3,(H,23,25). The maximum atomic E-state index is 13.6.